The zero-order valence-corrected chi connectivity index (χ0v) is 18.5. The molecule has 0 spiro atoms. The Balaban J connectivity index is 1.55. The van der Waals surface area contributed by atoms with Gasteiger partial charge in [0.05, 0.1) is 5.39 Å². The second-order valence-corrected chi connectivity index (χ2v) is 9.53. The van der Waals surface area contributed by atoms with Crippen LogP contribution in [0.3, 0.4) is 0 Å². The summed E-state index contributed by atoms with van der Waals surface area (Å²) in [6.45, 7) is 9.05. The molecule has 1 aromatic carbocycles. The third kappa shape index (κ3) is 4.01. The van der Waals surface area contributed by atoms with Crippen molar-refractivity contribution in [3.63, 3.8) is 0 Å². The lowest BCUT2D eigenvalue weighted by Gasteiger charge is -2.35. The van der Waals surface area contributed by atoms with Crippen LogP contribution in [-0.2, 0) is 19.3 Å². The van der Waals surface area contributed by atoms with E-state index in [1.807, 2.05) is 17.4 Å². The van der Waals surface area contributed by atoms with E-state index in [1.54, 1.807) is 10.4 Å². The first-order chi connectivity index (χ1) is 14.8. The molecule has 3 heterocycles. The van der Waals surface area contributed by atoms with Crippen molar-refractivity contribution in [1.29, 1.82) is 0 Å². The van der Waals surface area contributed by atoms with Gasteiger partial charge in [-0.15, -0.1) is 17.9 Å². The fourth-order valence-electron chi connectivity index (χ4n) is 4.77. The molecule has 0 atom stereocenters. The number of aromatic nitrogens is 2. The van der Waals surface area contributed by atoms with Crippen molar-refractivity contribution in [3.8, 4) is 0 Å². The number of aryl methyl sites for hydroxylation is 2. The van der Waals surface area contributed by atoms with Gasteiger partial charge in [-0.2, -0.15) is 0 Å². The second-order valence-electron chi connectivity index (χ2n) is 8.45. The van der Waals surface area contributed by atoms with E-state index in [4.69, 9.17) is 9.97 Å². The van der Waals surface area contributed by atoms with E-state index in [2.05, 4.69) is 46.7 Å². The van der Waals surface area contributed by atoms with Gasteiger partial charge >= 0.3 is 0 Å². The number of hydrogen-bond donors (Lipinski definition) is 0. The minimum Gasteiger partial charge on any atom is -0.353 e. The Morgan fingerprint density at radius 1 is 0.967 bits per heavy atom. The molecule has 1 aliphatic heterocycles. The maximum absolute atomic E-state index is 5.18. The van der Waals surface area contributed by atoms with E-state index in [1.165, 1.54) is 53.7 Å². The summed E-state index contributed by atoms with van der Waals surface area (Å²) in [5, 5.41) is 1.35. The van der Waals surface area contributed by atoms with Crippen LogP contribution in [-0.4, -0.2) is 47.6 Å². The molecule has 0 unspecified atom stereocenters. The third-order valence-electron chi connectivity index (χ3n) is 6.36. The molecule has 4 nitrogen and oxygen atoms in total. The maximum atomic E-state index is 5.18. The Morgan fingerprint density at radius 2 is 1.77 bits per heavy atom. The quantitative estimate of drug-likeness (QED) is 0.438. The summed E-state index contributed by atoms with van der Waals surface area (Å²) in [6, 6.07) is 10.6. The minimum absolute atomic E-state index is 0.794. The van der Waals surface area contributed by atoms with Gasteiger partial charge in [0.1, 0.15) is 16.5 Å². The van der Waals surface area contributed by atoms with Crippen molar-refractivity contribution in [1.82, 2.24) is 14.9 Å². The van der Waals surface area contributed by atoms with Gasteiger partial charge < -0.3 is 4.90 Å². The van der Waals surface area contributed by atoms with Gasteiger partial charge in [0.2, 0.25) is 0 Å². The van der Waals surface area contributed by atoms with Crippen LogP contribution in [0.2, 0.25) is 0 Å². The fourth-order valence-corrected chi connectivity index (χ4v) is 6.04. The molecule has 0 radical (unpaired) electrons. The lowest BCUT2D eigenvalue weighted by Crippen LogP contribution is -2.46. The predicted molar refractivity (Wildman–Crippen MR) is 127 cm³/mol. The molecule has 30 heavy (non-hydrogen) atoms. The monoisotopic (exact) mass is 418 g/mol. The molecule has 1 fully saturated rings. The lowest BCUT2D eigenvalue weighted by atomic mass is 10.1. The Kier molecular flexibility index (Phi) is 5.82. The third-order valence-corrected chi connectivity index (χ3v) is 7.54. The van der Waals surface area contributed by atoms with Gasteiger partial charge in [0.25, 0.3) is 0 Å². The van der Waals surface area contributed by atoms with Crippen LogP contribution in [0.5, 0.6) is 0 Å². The van der Waals surface area contributed by atoms with Crippen LogP contribution in [0.15, 0.2) is 43.0 Å². The molecule has 5 rings (SSSR count). The Hall–Kier alpha value is -2.24. The number of anilines is 1. The van der Waals surface area contributed by atoms with Crippen LogP contribution in [0, 0.1) is 0 Å². The standard InChI is InChI=1S/C25H30N4S/c1-2-13-28-14-16-29(17-15-28)24-23-20-11-7-4-8-12-21(20)30-25(23)27-22(26-24)18-19-9-5-3-6-10-19/h2-3,5-6,9-10H,1,4,7-8,11-18H2. The Morgan fingerprint density at radius 3 is 2.57 bits per heavy atom. The average Bonchev–Trinajstić information content (AvgIpc) is 2.95. The van der Waals surface area contributed by atoms with E-state index < -0.39 is 0 Å². The van der Waals surface area contributed by atoms with Crippen molar-refractivity contribution in [2.75, 3.05) is 37.6 Å². The fraction of sp³-hybridized carbons (Fsp3) is 0.440. The smallest absolute Gasteiger partial charge is 0.141 e. The summed E-state index contributed by atoms with van der Waals surface area (Å²) in [5.74, 6) is 2.14. The van der Waals surface area contributed by atoms with Gasteiger partial charge in [0.15, 0.2) is 0 Å². The van der Waals surface area contributed by atoms with Crippen molar-refractivity contribution in [3.05, 3.63) is 64.8 Å². The van der Waals surface area contributed by atoms with Crippen LogP contribution in [0.4, 0.5) is 5.82 Å². The molecule has 0 bridgehead atoms. The number of benzene rings is 1. The molecule has 5 heteroatoms. The normalized spacial score (nSPS) is 17.7. The summed E-state index contributed by atoms with van der Waals surface area (Å²) >= 11 is 1.92. The molecule has 2 aromatic heterocycles. The van der Waals surface area contributed by atoms with Crippen LogP contribution < -0.4 is 4.90 Å². The van der Waals surface area contributed by atoms with Gasteiger partial charge in [-0.25, -0.2) is 9.97 Å². The SMILES string of the molecule is C=CCN1CCN(c2nc(Cc3ccccc3)nc3sc4c(c23)CCCCC4)CC1. The minimum atomic E-state index is 0.794. The number of rotatable bonds is 5. The molecule has 1 saturated heterocycles. The van der Waals surface area contributed by atoms with Gasteiger partial charge in [-0.1, -0.05) is 42.8 Å². The number of piperazine rings is 1. The highest BCUT2D eigenvalue weighted by Crippen LogP contribution is 2.39. The summed E-state index contributed by atoms with van der Waals surface area (Å²) < 4.78 is 0. The molecule has 3 aromatic rings. The van der Waals surface area contributed by atoms with Gasteiger partial charge in [0, 0.05) is 44.0 Å². The van der Waals surface area contributed by atoms with E-state index in [9.17, 15) is 0 Å². The number of fused-ring (bicyclic) bond motifs is 3. The first-order valence-corrected chi connectivity index (χ1v) is 12.1. The molecule has 1 aliphatic carbocycles. The summed E-state index contributed by atoms with van der Waals surface area (Å²) in [5.41, 5.74) is 2.82. The topological polar surface area (TPSA) is 32.3 Å². The van der Waals surface area contributed by atoms with Crippen LogP contribution in [0.25, 0.3) is 10.2 Å². The molecular formula is C25H30N4S. The second kappa shape index (κ2) is 8.86. The highest BCUT2D eigenvalue weighted by atomic mass is 32.1. The zero-order chi connectivity index (χ0) is 20.3. The average molecular weight is 419 g/mol. The first-order valence-electron chi connectivity index (χ1n) is 11.2. The molecule has 0 amide bonds. The first kappa shape index (κ1) is 19.7. The van der Waals surface area contributed by atoms with Crippen molar-refractivity contribution >= 4 is 27.4 Å². The highest BCUT2D eigenvalue weighted by molar-refractivity contribution is 7.19. The largest absolute Gasteiger partial charge is 0.353 e. The molecule has 0 saturated carbocycles. The van der Waals surface area contributed by atoms with Crippen LogP contribution in [0.1, 0.15) is 41.1 Å². The molecular weight excluding hydrogens is 388 g/mol. The molecule has 0 N–H and O–H groups in total. The number of hydrogen-bond acceptors (Lipinski definition) is 5. The van der Waals surface area contributed by atoms with E-state index in [-0.39, 0.29) is 0 Å². The summed E-state index contributed by atoms with van der Waals surface area (Å²) in [6.07, 6.45) is 9.12. The zero-order valence-electron chi connectivity index (χ0n) is 17.6. The number of nitrogens with zero attached hydrogens (tertiary/aromatic N) is 4. The van der Waals surface area contributed by atoms with E-state index in [0.717, 1.165) is 45.0 Å². The van der Waals surface area contributed by atoms with Gasteiger partial charge in [-0.3, -0.25) is 4.90 Å². The Bertz CT molecular complexity index is 1020. The lowest BCUT2D eigenvalue weighted by molar-refractivity contribution is 0.283. The Labute approximate surface area is 183 Å². The molecule has 156 valence electrons. The molecule has 2 aliphatic rings. The van der Waals surface area contributed by atoms with Crippen molar-refractivity contribution in [2.45, 2.75) is 38.5 Å². The predicted octanol–water partition coefficient (Wildman–Crippen LogP) is 4.86. The van der Waals surface area contributed by atoms with E-state index >= 15 is 0 Å². The number of thiophene rings is 1. The summed E-state index contributed by atoms with van der Waals surface area (Å²) in [4.78, 5) is 18.0. The van der Waals surface area contributed by atoms with E-state index in [0.29, 0.717) is 0 Å². The summed E-state index contributed by atoms with van der Waals surface area (Å²) in [7, 11) is 0. The van der Waals surface area contributed by atoms with Crippen molar-refractivity contribution in [2.24, 2.45) is 0 Å². The maximum Gasteiger partial charge on any atom is 0.141 e. The highest BCUT2D eigenvalue weighted by Gasteiger charge is 2.25. The van der Waals surface area contributed by atoms with Gasteiger partial charge in [-0.05, 0) is 36.8 Å². The van der Waals surface area contributed by atoms with Crippen LogP contribution >= 0.6 is 11.3 Å². The van der Waals surface area contributed by atoms with Crippen molar-refractivity contribution < 1.29 is 0 Å².